The van der Waals surface area contributed by atoms with Crippen LogP contribution in [-0.4, -0.2) is 39.7 Å². The van der Waals surface area contributed by atoms with Crippen molar-refractivity contribution in [3.8, 4) is 11.1 Å². The molecule has 5 rings (SSSR count). The second-order valence-corrected chi connectivity index (χ2v) is 12.6. The van der Waals surface area contributed by atoms with Crippen LogP contribution in [0.1, 0.15) is 75.2 Å². The molecular formula is C35H41N3O5. The summed E-state index contributed by atoms with van der Waals surface area (Å²) in [4.78, 5) is 37.9. The standard InChI is InChI=1S/C35H41N3O5/c1-35(2,3)36-27-14-16-28(17-15-27)38(33(40)41)31-21-24(12-18-29(31)26-10-5-4-6-11-26)9-7-8-20-37-30-19-13-25(23-39)22-32(30)43-34(37)42/h4-6,10-13,18-19,21-23,27-28,36H,7-9,14-17,20H2,1-3H3,(H,40,41)/t27-,28-. The summed E-state index contributed by atoms with van der Waals surface area (Å²) in [5.41, 5.74) is 5.26. The molecule has 0 bridgehead atoms. The quantitative estimate of drug-likeness (QED) is 0.150. The molecule has 1 aliphatic carbocycles. The van der Waals surface area contributed by atoms with E-state index in [2.05, 4.69) is 32.2 Å². The van der Waals surface area contributed by atoms with Gasteiger partial charge in [0.05, 0.1) is 11.2 Å². The van der Waals surface area contributed by atoms with Crippen LogP contribution in [0.4, 0.5) is 10.5 Å². The summed E-state index contributed by atoms with van der Waals surface area (Å²) in [6, 6.07) is 21.4. The van der Waals surface area contributed by atoms with Crippen molar-refractivity contribution in [3.63, 3.8) is 0 Å². The summed E-state index contributed by atoms with van der Waals surface area (Å²) in [6.07, 6.45) is 5.59. The van der Waals surface area contributed by atoms with E-state index in [-0.39, 0.29) is 11.6 Å². The fourth-order valence-corrected chi connectivity index (χ4v) is 6.31. The fraction of sp³-hybridized carbons (Fsp3) is 0.400. The van der Waals surface area contributed by atoms with Gasteiger partial charge in [-0.2, -0.15) is 0 Å². The number of nitrogens with one attached hydrogen (secondary N) is 1. The van der Waals surface area contributed by atoms with Gasteiger partial charge in [0.1, 0.15) is 6.29 Å². The maximum absolute atomic E-state index is 12.8. The van der Waals surface area contributed by atoms with E-state index in [9.17, 15) is 19.5 Å². The number of unbranched alkanes of at least 4 members (excludes halogenated alkanes) is 1. The number of carboxylic acid groups (broad SMARTS) is 1. The highest BCUT2D eigenvalue weighted by molar-refractivity contribution is 5.93. The van der Waals surface area contributed by atoms with E-state index in [4.69, 9.17) is 4.42 Å². The predicted molar refractivity (Wildman–Crippen MR) is 170 cm³/mol. The van der Waals surface area contributed by atoms with E-state index < -0.39 is 11.8 Å². The van der Waals surface area contributed by atoms with Crippen molar-refractivity contribution in [2.24, 2.45) is 0 Å². The van der Waals surface area contributed by atoms with E-state index in [1.54, 1.807) is 27.7 Å². The van der Waals surface area contributed by atoms with Crippen molar-refractivity contribution in [1.82, 2.24) is 9.88 Å². The molecule has 226 valence electrons. The minimum absolute atomic E-state index is 0.0250. The number of amides is 1. The Kier molecular flexibility index (Phi) is 9.16. The number of fused-ring (bicyclic) bond motifs is 1. The lowest BCUT2D eigenvalue weighted by Gasteiger charge is -2.38. The van der Waals surface area contributed by atoms with Gasteiger partial charge in [0.2, 0.25) is 0 Å². The number of carbonyl (C=O) groups excluding carboxylic acids is 1. The molecule has 4 aromatic rings. The van der Waals surface area contributed by atoms with Crippen LogP contribution in [0.5, 0.6) is 0 Å². The summed E-state index contributed by atoms with van der Waals surface area (Å²) in [5.74, 6) is -0.433. The fourth-order valence-electron chi connectivity index (χ4n) is 6.31. The Balaban J connectivity index is 1.34. The molecule has 8 heteroatoms. The lowest BCUT2D eigenvalue weighted by molar-refractivity contribution is 0.112. The SMILES string of the molecule is CC(C)(C)N[C@H]1CC[C@H](N(C(=O)O)c2cc(CCCCn3c(=O)oc4cc(C=O)ccc43)ccc2-c2ccccc2)CC1. The van der Waals surface area contributed by atoms with Crippen LogP contribution < -0.4 is 16.0 Å². The number of benzene rings is 3. The van der Waals surface area contributed by atoms with Gasteiger partial charge in [-0.3, -0.25) is 14.3 Å². The number of aromatic nitrogens is 1. The second-order valence-electron chi connectivity index (χ2n) is 12.6. The minimum atomic E-state index is -0.925. The van der Waals surface area contributed by atoms with Crippen LogP contribution in [0.3, 0.4) is 0 Å². The summed E-state index contributed by atoms with van der Waals surface area (Å²) in [7, 11) is 0. The van der Waals surface area contributed by atoms with Gasteiger partial charge in [-0.1, -0.05) is 42.5 Å². The highest BCUT2D eigenvalue weighted by atomic mass is 16.4. The van der Waals surface area contributed by atoms with Gasteiger partial charge in [-0.15, -0.1) is 0 Å². The maximum Gasteiger partial charge on any atom is 0.419 e. The molecule has 43 heavy (non-hydrogen) atoms. The Bertz CT molecular complexity index is 1620. The maximum atomic E-state index is 12.8. The molecule has 0 spiro atoms. The summed E-state index contributed by atoms with van der Waals surface area (Å²) < 4.78 is 6.95. The number of aryl methyl sites for hydroxylation is 2. The van der Waals surface area contributed by atoms with Crippen LogP contribution >= 0.6 is 0 Å². The van der Waals surface area contributed by atoms with E-state index in [1.165, 1.54) is 0 Å². The molecule has 1 saturated carbocycles. The summed E-state index contributed by atoms with van der Waals surface area (Å²) in [5, 5.41) is 14.2. The first-order valence-electron chi connectivity index (χ1n) is 15.2. The topological polar surface area (TPSA) is 105 Å². The molecule has 8 nitrogen and oxygen atoms in total. The third-order valence-electron chi connectivity index (χ3n) is 8.24. The first kappa shape index (κ1) is 30.3. The second kappa shape index (κ2) is 13.0. The molecule has 0 aliphatic heterocycles. The van der Waals surface area contributed by atoms with Crippen molar-refractivity contribution in [2.75, 3.05) is 4.90 Å². The molecule has 0 atom stereocenters. The molecule has 1 heterocycles. The van der Waals surface area contributed by atoms with Crippen LogP contribution in [-0.2, 0) is 13.0 Å². The van der Waals surface area contributed by atoms with Crippen molar-refractivity contribution in [2.45, 2.75) is 89.9 Å². The first-order chi connectivity index (χ1) is 20.6. The van der Waals surface area contributed by atoms with E-state index in [0.717, 1.165) is 73.6 Å². The van der Waals surface area contributed by atoms with Gasteiger partial charge >= 0.3 is 11.8 Å². The molecule has 0 saturated heterocycles. The van der Waals surface area contributed by atoms with Crippen LogP contribution in [0.15, 0.2) is 75.9 Å². The van der Waals surface area contributed by atoms with E-state index in [1.807, 2.05) is 42.5 Å². The smallest absolute Gasteiger partial charge is 0.419 e. The van der Waals surface area contributed by atoms with Gasteiger partial charge in [0, 0.05) is 35.3 Å². The van der Waals surface area contributed by atoms with Crippen LogP contribution in [0, 0.1) is 0 Å². The highest BCUT2D eigenvalue weighted by Crippen LogP contribution is 2.37. The zero-order valence-electron chi connectivity index (χ0n) is 25.2. The average molecular weight is 584 g/mol. The van der Waals surface area contributed by atoms with E-state index >= 15 is 0 Å². The molecule has 1 fully saturated rings. The predicted octanol–water partition coefficient (Wildman–Crippen LogP) is 7.28. The molecular weight excluding hydrogens is 542 g/mol. The van der Waals surface area contributed by atoms with Gasteiger partial charge in [-0.25, -0.2) is 9.59 Å². The van der Waals surface area contributed by atoms with Crippen molar-refractivity contribution >= 4 is 29.2 Å². The third-order valence-corrected chi connectivity index (χ3v) is 8.24. The number of oxazole rings is 1. The zero-order chi connectivity index (χ0) is 30.6. The molecule has 1 amide bonds. The van der Waals surface area contributed by atoms with Crippen molar-refractivity contribution in [1.29, 1.82) is 0 Å². The number of anilines is 1. The average Bonchev–Trinajstić information content (AvgIpc) is 3.29. The Morgan fingerprint density at radius 1 is 1.02 bits per heavy atom. The minimum Gasteiger partial charge on any atom is -0.465 e. The largest absolute Gasteiger partial charge is 0.465 e. The van der Waals surface area contributed by atoms with Gasteiger partial charge < -0.3 is 14.8 Å². The Hall–Kier alpha value is -4.17. The first-order valence-corrected chi connectivity index (χ1v) is 15.2. The highest BCUT2D eigenvalue weighted by Gasteiger charge is 2.32. The van der Waals surface area contributed by atoms with Crippen LogP contribution in [0.2, 0.25) is 0 Å². The number of carbonyl (C=O) groups is 2. The summed E-state index contributed by atoms with van der Waals surface area (Å²) in [6.45, 7) is 7.00. The number of aldehydes is 1. The van der Waals surface area contributed by atoms with Crippen molar-refractivity contribution in [3.05, 3.63) is 88.4 Å². The molecule has 3 aromatic carbocycles. The van der Waals surface area contributed by atoms with E-state index in [0.29, 0.717) is 29.2 Å². The number of rotatable bonds is 10. The normalized spacial score (nSPS) is 17.2. The molecule has 0 radical (unpaired) electrons. The van der Waals surface area contributed by atoms with Crippen LogP contribution in [0.25, 0.3) is 22.2 Å². The number of hydrogen-bond donors (Lipinski definition) is 2. The van der Waals surface area contributed by atoms with Gasteiger partial charge in [-0.05, 0) is 101 Å². The Morgan fingerprint density at radius 2 is 1.77 bits per heavy atom. The lowest BCUT2D eigenvalue weighted by Crippen LogP contribution is -2.49. The van der Waals surface area contributed by atoms with Gasteiger partial charge in [0.15, 0.2) is 5.58 Å². The number of nitrogens with zero attached hydrogens (tertiary/aromatic N) is 2. The lowest BCUT2D eigenvalue weighted by atomic mass is 9.88. The van der Waals surface area contributed by atoms with Gasteiger partial charge in [0.25, 0.3) is 0 Å². The zero-order valence-corrected chi connectivity index (χ0v) is 25.2. The Labute approximate surface area is 252 Å². The molecule has 2 N–H and O–H groups in total. The monoisotopic (exact) mass is 583 g/mol. The Morgan fingerprint density at radius 3 is 2.44 bits per heavy atom. The molecule has 1 aliphatic rings. The number of hydrogen-bond acceptors (Lipinski definition) is 5. The third kappa shape index (κ3) is 7.25. The molecule has 0 unspecified atom stereocenters. The summed E-state index contributed by atoms with van der Waals surface area (Å²) >= 11 is 0. The van der Waals surface area contributed by atoms with Crippen molar-refractivity contribution < 1.29 is 19.1 Å². The molecule has 1 aromatic heterocycles.